The summed E-state index contributed by atoms with van der Waals surface area (Å²) in [6.07, 6.45) is 0.900. The number of hydrogen-bond acceptors (Lipinski definition) is 4. The van der Waals surface area contributed by atoms with Gasteiger partial charge in [0.1, 0.15) is 0 Å². The minimum Gasteiger partial charge on any atom is -0.449 e. The zero-order valence-corrected chi connectivity index (χ0v) is 8.91. The van der Waals surface area contributed by atoms with E-state index in [0.29, 0.717) is 11.1 Å². The van der Waals surface area contributed by atoms with Gasteiger partial charge in [0, 0.05) is 11.8 Å². The summed E-state index contributed by atoms with van der Waals surface area (Å²) in [5, 5.41) is 3.76. The number of carbonyl (C=O) groups excluding carboxylic acids is 1. The maximum Gasteiger partial charge on any atom is 0.339 e. The third-order valence-corrected chi connectivity index (χ3v) is 3.25. The van der Waals surface area contributed by atoms with E-state index >= 15 is 0 Å². The predicted octanol–water partition coefficient (Wildman–Crippen LogP) is 1.70. The summed E-state index contributed by atoms with van der Waals surface area (Å²) in [5.74, 6) is -0.433. The van der Waals surface area contributed by atoms with Crippen LogP contribution in [0.15, 0.2) is 33.9 Å². The van der Waals surface area contributed by atoms with Gasteiger partial charge in [-0.1, -0.05) is 0 Å². The van der Waals surface area contributed by atoms with Crippen LogP contribution in [0.25, 0.3) is 0 Å². The second kappa shape index (κ2) is 3.31. The molecule has 2 aromatic rings. The molecule has 16 heavy (non-hydrogen) atoms. The van der Waals surface area contributed by atoms with Crippen LogP contribution in [0.1, 0.15) is 27.6 Å². The van der Waals surface area contributed by atoms with Crippen LogP contribution in [0.5, 0.6) is 0 Å². The number of nitrogens with one attached hydrogen (secondary N) is 1. The van der Waals surface area contributed by atoms with Crippen molar-refractivity contribution in [2.75, 3.05) is 0 Å². The lowest BCUT2D eigenvalue weighted by Gasteiger charge is -2.06. The Hall–Kier alpha value is -1.88. The van der Waals surface area contributed by atoms with Crippen LogP contribution in [0.2, 0.25) is 0 Å². The topological polar surface area (TPSA) is 59.2 Å². The van der Waals surface area contributed by atoms with Gasteiger partial charge in [0.2, 0.25) is 0 Å². The molecule has 80 valence electrons. The highest BCUT2D eigenvalue weighted by molar-refractivity contribution is 7.08. The van der Waals surface area contributed by atoms with E-state index in [2.05, 4.69) is 4.98 Å². The first kappa shape index (κ1) is 9.35. The van der Waals surface area contributed by atoms with E-state index < -0.39 is 12.1 Å². The number of cyclic esters (lactones) is 1. The van der Waals surface area contributed by atoms with Crippen LogP contribution < -0.4 is 5.56 Å². The Morgan fingerprint density at radius 1 is 1.31 bits per heavy atom. The zero-order valence-electron chi connectivity index (χ0n) is 8.10. The van der Waals surface area contributed by atoms with Crippen molar-refractivity contribution in [3.05, 3.63) is 56.1 Å². The summed E-state index contributed by atoms with van der Waals surface area (Å²) < 4.78 is 5.20. The molecule has 0 amide bonds. The van der Waals surface area contributed by atoms with E-state index in [9.17, 15) is 9.59 Å². The van der Waals surface area contributed by atoms with Gasteiger partial charge >= 0.3 is 5.97 Å². The number of ether oxygens (including phenoxy) is 1. The van der Waals surface area contributed by atoms with E-state index in [0.717, 1.165) is 5.56 Å². The van der Waals surface area contributed by atoms with Gasteiger partial charge in [-0.05, 0) is 22.9 Å². The Bertz CT molecular complexity index is 600. The fourth-order valence-corrected chi connectivity index (χ4v) is 2.49. The van der Waals surface area contributed by atoms with Crippen molar-refractivity contribution in [1.82, 2.24) is 4.98 Å². The monoisotopic (exact) mass is 233 g/mol. The van der Waals surface area contributed by atoms with Crippen LogP contribution in [0.4, 0.5) is 0 Å². The van der Waals surface area contributed by atoms with Gasteiger partial charge in [0.15, 0.2) is 6.10 Å². The average Bonchev–Trinajstić information content (AvgIpc) is 2.87. The molecule has 0 saturated carbocycles. The fourth-order valence-electron chi connectivity index (χ4n) is 1.82. The molecule has 1 aliphatic rings. The second-order valence-corrected chi connectivity index (χ2v) is 4.26. The van der Waals surface area contributed by atoms with Crippen LogP contribution in [0, 0.1) is 0 Å². The maximum atomic E-state index is 11.7. The normalized spacial score (nSPS) is 18.2. The summed E-state index contributed by atoms with van der Waals surface area (Å²) in [6.45, 7) is 0. The molecule has 0 saturated heterocycles. The number of hydrogen-bond donors (Lipinski definition) is 1. The molecule has 1 N–H and O–H groups in total. The second-order valence-electron chi connectivity index (χ2n) is 3.48. The molecule has 0 spiro atoms. The van der Waals surface area contributed by atoms with Crippen LogP contribution in [0.3, 0.4) is 0 Å². The predicted molar refractivity (Wildman–Crippen MR) is 58.6 cm³/mol. The molecular weight excluding hydrogens is 226 g/mol. The van der Waals surface area contributed by atoms with E-state index in [4.69, 9.17) is 4.74 Å². The lowest BCUT2D eigenvalue weighted by Crippen LogP contribution is -2.14. The van der Waals surface area contributed by atoms with Crippen molar-refractivity contribution >= 4 is 17.3 Å². The Kier molecular flexibility index (Phi) is 1.94. The maximum absolute atomic E-state index is 11.7. The van der Waals surface area contributed by atoms with E-state index in [1.54, 1.807) is 6.07 Å². The molecule has 0 aliphatic carbocycles. The van der Waals surface area contributed by atoms with Crippen molar-refractivity contribution in [3.8, 4) is 0 Å². The first-order chi connectivity index (χ1) is 7.77. The molecule has 0 fully saturated rings. The molecule has 0 bridgehead atoms. The molecule has 3 rings (SSSR count). The van der Waals surface area contributed by atoms with Crippen LogP contribution in [-0.2, 0) is 4.74 Å². The van der Waals surface area contributed by atoms with Crippen LogP contribution in [-0.4, -0.2) is 11.0 Å². The van der Waals surface area contributed by atoms with Gasteiger partial charge < -0.3 is 9.72 Å². The highest BCUT2D eigenvalue weighted by Crippen LogP contribution is 2.33. The number of fused-ring (bicyclic) bond motifs is 1. The molecular formula is C11H7NO3S. The van der Waals surface area contributed by atoms with Crippen molar-refractivity contribution in [2.24, 2.45) is 0 Å². The van der Waals surface area contributed by atoms with Crippen molar-refractivity contribution in [2.45, 2.75) is 6.10 Å². The fraction of sp³-hybridized carbons (Fsp3) is 0.0909. The standard InChI is InChI=1S/C11H7NO3S/c13-10-8-7(1-3-12-10)11(14)15-9(8)6-2-4-16-5-6/h1-5,9H,(H,12,13). The van der Waals surface area contributed by atoms with Crippen molar-refractivity contribution in [3.63, 3.8) is 0 Å². The first-order valence-electron chi connectivity index (χ1n) is 4.72. The summed E-state index contributed by atoms with van der Waals surface area (Å²) in [5.41, 5.74) is 1.35. The molecule has 2 aromatic heterocycles. The number of carbonyl (C=O) groups is 1. The molecule has 0 radical (unpaired) electrons. The van der Waals surface area contributed by atoms with Gasteiger partial charge in [0.05, 0.1) is 11.1 Å². The Labute approximate surface area is 94.5 Å². The largest absolute Gasteiger partial charge is 0.449 e. The lowest BCUT2D eigenvalue weighted by atomic mass is 10.0. The van der Waals surface area contributed by atoms with Crippen LogP contribution >= 0.6 is 11.3 Å². The molecule has 1 atom stereocenters. The van der Waals surface area contributed by atoms with Gasteiger partial charge in [0.25, 0.3) is 5.56 Å². The van der Waals surface area contributed by atoms with Gasteiger partial charge in [-0.15, -0.1) is 0 Å². The Morgan fingerprint density at radius 3 is 2.94 bits per heavy atom. The third kappa shape index (κ3) is 1.22. The van der Waals surface area contributed by atoms with E-state index in [1.807, 2.05) is 16.8 Å². The number of esters is 1. The molecule has 0 aromatic carbocycles. The smallest absolute Gasteiger partial charge is 0.339 e. The molecule has 3 heterocycles. The minimum absolute atomic E-state index is 0.264. The van der Waals surface area contributed by atoms with Gasteiger partial charge in [-0.3, -0.25) is 4.79 Å². The average molecular weight is 233 g/mol. The highest BCUT2D eigenvalue weighted by atomic mass is 32.1. The number of pyridine rings is 1. The number of aromatic nitrogens is 1. The highest BCUT2D eigenvalue weighted by Gasteiger charge is 2.34. The number of thiophene rings is 1. The summed E-state index contributed by atoms with van der Waals surface area (Å²) >= 11 is 1.50. The Balaban J connectivity index is 2.22. The minimum atomic E-state index is -0.557. The third-order valence-electron chi connectivity index (χ3n) is 2.55. The Morgan fingerprint density at radius 2 is 2.19 bits per heavy atom. The first-order valence-corrected chi connectivity index (χ1v) is 5.66. The summed E-state index contributed by atoms with van der Waals surface area (Å²) in [4.78, 5) is 25.8. The molecule has 1 aliphatic heterocycles. The molecule has 5 heteroatoms. The summed E-state index contributed by atoms with van der Waals surface area (Å²) in [7, 11) is 0. The van der Waals surface area contributed by atoms with Gasteiger partial charge in [-0.2, -0.15) is 11.3 Å². The molecule has 4 nitrogen and oxygen atoms in total. The van der Waals surface area contributed by atoms with E-state index in [1.165, 1.54) is 17.5 Å². The SMILES string of the molecule is O=C1OC(c2ccsc2)c2c1cc[nH]c2=O. The number of aromatic amines is 1. The quantitative estimate of drug-likeness (QED) is 0.762. The zero-order chi connectivity index (χ0) is 11.1. The van der Waals surface area contributed by atoms with Gasteiger partial charge in [-0.25, -0.2) is 4.79 Å². The number of rotatable bonds is 1. The van der Waals surface area contributed by atoms with E-state index in [-0.39, 0.29) is 5.56 Å². The summed E-state index contributed by atoms with van der Waals surface area (Å²) in [6, 6.07) is 3.43. The number of H-pyrrole nitrogens is 1. The van der Waals surface area contributed by atoms with Crippen molar-refractivity contribution < 1.29 is 9.53 Å². The lowest BCUT2D eigenvalue weighted by molar-refractivity contribution is 0.0455. The molecule has 1 unspecified atom stereocenters. The van der Waals surface area contributed by atoms with Crippen molar-refractivity contribution in [1.29, 1.82) is 0 Å².